The zero-order valence-corrected chi connectivity index (χ0v) is 14.6. The summed E-state index contributed by atoms with van der Waals surface area (Å²) in [6.45, 7) is 11.2. The van der Waals surface area contributed by atoms with Crippen molar-refractivity contribution in [1.82, 2.24) is 0 Å². The van der Waals surface area contributed by atoms with Crippen LogP contribution in [0.1, 0.15) is 57.7 Å². The Morgan fingerprint density at radius 2 is 1.62 bits per heavy atom. The van der Waals surface area contributed by atoms with E-state index in [1.165, 1.54) is 6.42 Å². The molecule has 0 spiro atoms. The minimum atomic E-state index is 0.0298. The van der Waals surface area contributed by atoms with Gasteiger partial charge >= 0.3 is 0 Å². The van der Waals surface area contributed by atoms with Gasteiger partial charge in [0.1, 0.15) is 0 Å². The molecule has 1 aromatic carbocycles. The molecule has 0 aliphatic carbocycles. The highest BCUT2D eigenvalue weighted by Crippen LogP contribution is 2.35. The number of methoxy groups -OCH3 is 2. The van der Waals surface area contributed by atoms with Crippen LogP contribution in [-0.2, 0) is 0 Å². The summed E-state index contributed by atoms with van der Waals surface area (Å²) >= 11 is 0. The normalized spacial score (nSPS) is 14.7. The summed E-state index contributed by atoms with van der Waals surface area (Å²) in [6.07, 6.45) is 2.15. The molecule has 0 fully saturated rings. The Morgan fingerprint density at radius 3 is 2.10 bits per heavy atom. The number of nitrogens with two attached hydrogens (primary N) is 1. The highest BCUT2D eigenvalue weighted by Gasteiger charge is 2.20. The van der Waals surface area contributed by atoms with Gasteiger partial charge in [-0.2, -0.15) is 0 Å². The number of hydrogen-bond acceptors (Lipinski definition) is 3. The summed E-state index contributed by atoms with van der Waals surface area (Å²) in [5, 5.41) is 0. The second kappa shape index (κ2) is 7.17. The van der Waals surface area contributed by atoms with Gasteiger partial charge < -0.3 is 15.2 Å². The molecule has 3 heteroatoms. The van der Waals surface area contributed by atoms with Crippen LogP contribution in [0.3, 0.4) is 0 Å². The molecule has 21 heavy (non-hydrogen) atoms. The standard InChI is InChI=1S/C18H31NO2/c1-12(11-18(3,4)5)8-15(19)14-10-17(21-7)16(20-6)9-13(14)2/h9-10,12,15H,8,11,19H2,1-7H3. The summed E-state index contributed by atoms with van der Waals surface area (Å²) in [4.78, 5) is 0. The fourth-order valence-electron chi connectivity index (χ4n) is 3.08. The Kier molecular flexibility index (Phi) is 6.09. The van der Waals surface area contributed by atoms with E-state index >= 15 is 0 Å². The van der Waals surface area contributed by atoms with Crippen molar-refractivity contribution in [1.29, 1.82) is 0 Å². The third-order valence-corrected chi connectivity index (χ3v) is 3.79. The molecule has 0 heterocycles. The number of rotatable bonds is 6. The van der Waals surface area contributed by atoms with Crippen LogP contribution in [0.25, 0.3) is 0 Å². The van der Waals surface area contributed by atoms with E-state index in [9.17, 15) is 0 Å². The van der Waals surface area contributed by atoms with Crippen molar-refractivity contribution < 1.29 is 9.47 Å². The fraction of sp³-hybridized carbons (Fsp3) is 0.667. The fourth-order valence-corrected chi connectivity index (χ4v) is 3.08. The average Bonchev–Trinajstić information content (AvgIpc) is 2.35. The van der Waals surface area contributed by atoms with E-state index in [4.69, 9.17) is 15.2 Å². The van der Waals surface area contributed by atoms with E-state index in [1.54, 1.807) is 14.2 Å². The Labute approximate surface area is 129 Å². The molecule has 120 valence electrons. The first-order chi connectivity index (χ1) is 9.67. The minimum Gasteiger partial charge on any atom is -0.493 e. The molecule has 2 atom stereocenters. The van der Waals surface area contributed by atoms with Crippen molar-refractivity contribution in [3.63, 3.8) is 0 Å². The van der Waals surface area contributed by atoms with Crippen molar-refractivity contribution in [2.24, 2.45) is 17.1 Å². The second-order valence-corrected chi connectivity index (χ2v) is 7.28. The van der Waals surface area contributed by atoms with Crippen LogP contribution < -0.4 is 15.2 Å². The van der Waals surface area contributed by atoms with Gasteiger partial charge in [0.2, 0.25) is 0 Å². The van der Waals surface area contributed by atoms with Crippen LogP contribution in [0, 0.1) is 18.3 Å². The molecular formula is C18H31NO2. The molecule has 1 aromatic rings. The Balaban J connectivity index is 2.89. The minimum absolute atomic E-state index is 0.0298. The van der Waals surface area contributed by atoms with E-state index in [0.29, 0.717) is 11.3 Å². The number of aryl methyl sites for hydroxylation is 1. The third-order valence-electron chi connectivity index (χ3n) is 3.79. The maximum atomic E-state index is 6.43. The van der Waals surface area contributed by atoms with Gasteiger partial charge in [-0.25, -0.2) is 0 Å². The molecule has 0 amide bonds. The largest absolute Gasteiger partial charge is 0.493 e. The molecule has 3 nitrogen and oxygen atoms in total. The smallest absolute Gasteiger partial charge is 0.161 e. The van der Waals surface area contributed by atoms with E-state index in [1.807, 2.05) is 12.1 Å². The topological polar surface area (TPSA) is 44.5 Å². The highest BCUT2D eigenvalue weighted by atomic mass is 16.5. The van der Waals surface area contributed by atoms with Crippen molar-refractivity contribution in [3.8, 4) is 11.5 Å². The van der Waals surface area contributed by atoms with Crippen LogP contribution in [0.15, 0.2) is 12.1 Å². The van der Waals surface area contributed by atoms with Crippen LogP contribution in [0.2, 0.25) is 0 Å². The summed E-state index contributed by atoms with van der Waals surface area (Å²) < 4.78 is 10.7. The predicted molar refractivity (Wildman–Crippen MR) is 89.1 cm³/mol. The lowest BCUT2D eigenvalue weighted by Crippen LogP contribution is -2.19. The van der Waals surface area contributed by atoms with Gasteiger partial charge in [0.25, 0.3) is 0 Å². The van der Waals surface area contributed by atoms with E-state index in [2.05, 4.69) is 34.6 Å². The summed E-state index contributed by atoms with van der Waals surface area (Å²) in [6, 6.07) is 4.05. The highest BCUT2D eigenvalue weighted by molar-refractivity contribution is 5.48. The molecule has 0 bridgehead atoms. The lowest BCUT2D eigenvalue weighted by Gasteiger charge is -2.26. The number of benzene rings is 1. The van der Waals surface area contributed by atoms with Crippen LogP contribution in [0.4, 0.5) is 0 Å². The van der Waals surface area contributed by atoms with E-state index < -0.39 is 0 Å². The molecule has 1 rings (SSSR count). The molecular weight excluding hydrogens is 262 g/mol. The number of ether oxygens (including phenoxy) is 2. The summed E-state index contributed by atoms with van der Waals surface area (Å²) in [5.74, 6) is 2.10. The van der Waals surface area contributed by atoms with Gasteiger partial charge in [-0.1, -0.05) is 27.7 Å². The van der Waals surface area contributed by atoms with Crippen molar-refractivity contribution in [2.75, 3.05) is 14.2 Å². The first-order valence-corrected chi connectivity index (χ1v) is 7.66. The Bertz CT molecular complexity index is 463. The van der Waals surface area contributed by atoms with Gasteiger partial charge in [-0.05, 0) is 54.4 Å². The molecule has 0 aromatic heterocycles. The van der Waals surface area contributed by atoms with Crippen molar-refractivity contribution >= 4 is 0 Å². The van der Waals surface area contributed by atoms with Gasteiger partial charge in [-0.15, -0.1) is 0 Å². The van der Waals surface area contributed by atoms with Crippen molar-refractivity contribution in [2.45, 2.75) is 53.5 Å². The Morgan fingerprint density at radius 1 is 1.10 bits per heavy atom. The van der Waals surface area contributed by atoms with E-state index in [0.717, 1.165) is 29.0 Å². The molecule has 2 N–H and O–H groups in total. The molecule has 0 saturated heterocycles. The lowest BCUT2D eigenvalue weighted by atomic mass is 9.82. The van der Waals surface area contributed by atoms with Gasteiger partial charge in [0.05, 0.1) is 14.2 Å². The molecule has 0 radical (unpaired) electrons. The first kappa shape index (κ1) is 17.8. The second-order valence-electron chi connectivity index (χ2n) is 7.28. The third kappa shape index (κ3) is 5.24. The zero-order valence-electron chi connectivity index (χ0n) is 14.6. The quantitative estimate of drug-likeness (QED) is 0.841. The van der Waals surface area contributed by atoms with Crippen LogP contribution >= 0.6 is 0 Å². The monoisotopic (exact) mass is 293 g/mol. The molecule has 0 aliphatic rings. The van der Waals surface area contributed by atoms with Gasteiger partial charge in [-0.3, -0.25) is 0 Å². The molecule has 0 aliphatic heterocycles. The predicted octanol–water partition coefficient (Wildman–Crippen LogP) is 4.47. The Hall–Kier alpha value is -1.22. The van der Waals surface area contributed by atoms with Gasteiger partial charge in [0, 0.05) is 6.04 Å². The number of hydrogen-bond donors (Lipinski definition) is 1. The first-order valence-electron chi connectivity index (χ1n) is 7.66. The van der Waals surface area contributed by atoms with Crippen LogP contribution in [-0.4, -0.2) is 14.2 Å². The maximum Gasteiger partial charge on any atom is 0.161 e. The molecule has 0 saturated carbocycles. The summed E-state index contributed by atoms with van der Waals surface area (Å²) in [7, 11) is 3.31. The zero-order chi connectivity index (χ0) is 16.2. The lowest BCUT2D eigenvalue weighted by molar-refractivity contribution is 0.286. The van der Waals surface area contributed by atoms with Crippen LogP contribution in [0.5, 0.6) is 11.5 Å². The van der Waals surface area contributed by atoms with Gasteiger partial charge in [0.15, 0.2) is 11.5 Å². The molecule has 2 unspecified atom stereocenters. The average molecular weight is 293 g/mol. The maximum absolute atomic E-state index is 6.43. The summed E-state index contributed by atoms with van der Waals surface area (Å²) in [5.41, 5.74) is 9.08. The SMILES string of the molecule is COc1cc(C)c(C(N)CC(C)CC(C)(C)C)cc1OC. The van der Waals surface area contributed by atoms with E-state index in [-0.39, 0.29) is 6.04 Å². The van der Waals surface area contributed by atoms with Crippen molar-refractivity contribution in [3.05, 3.63) is 23.3 Å².